The summed E-state index contributed by atoms with van der Waals surface area (Å²) in [6.45, 7) is 9.69. The minimum Gasteiger partial charge on any atom is -0.379 e. The van der Waals surface area contributed by atoms with E-state index in [9.17, 15) is 4.79 Å². The Morgan fingerprint density at radius 3 is 2.32 bits per heavy atom. The molecule has 0 spiro atoms. The van der Waals surface area contributed by atoms with Crippen molar-refractivity contribution >= 4 is 5.78 Å². The molecular formula is C16H24O3. The summed E-state index contributed by atoms with van der Waals surface area (Å²) < 4.78 is 10.9. The standard InChI is InChI=1S/C16H24O3/c1-12(2)11-18-9-10-19-14(4)16(17)15-7-5-13(3)6-8-15/h5-8,12,14H,9-11H2,1-4H3. The fraction of sp³-hybridized carbons (Fsp3) is 0.562. The van der Waals surface area contributed by atoms with E-state index < -0.39 is 6.10 Å². The van der Waals surface area contributed by atoms with Crippen LogP contribution in [0.2, 0.25) is 0 Å². The molecule has 0 aliphatic carbocycles. The molecule has 0 saturated carbocycles. The van der Waals surface area contributed by atoms with Crippen molar-refractivity contribution in [2.75, 3.05) is 19.8 Å². The van der Waals surface area contributed by atoms with E-state index in [2.05, 4.69) is 13.8 Å². The Balaban J connectivity index is 2.31. The van der Waals surface area contributed by atoms with E-state index in [0.29, 0.717) is 24.7 Å². The molecule has 0 fully saturated rings. The van der Waals surface area contributed by atoms with Crippen molar-refractivity contribution in [1.29, 1.82) is 0 Å². The van der Waals surface area contributed by atoms with Crippen LogP contribution in [0.15, 0.2) is 24.3 Å². The molecule has 1 aromatic rings. The fourth-order valence-electron chi connectivity index (χ4n) is 1.63. The number of Topliss-reactive ketones (excluding diaryl/α,β-unsaturated/α-hetero) is 1. The van der Waals surface area contributed by atoms with Gasteiger partial charge in [0.05, 0.1) is 13.2 Å². The Morgan fingerprint density at radius 2 is 1.74 bits per heavy atom. The van der Waals surface area contributed by atoms with E-state index in [4.69, 9.17) is 9.47 Å². The number of benzene rings is 1. The number of hydrogen-bond donors (Lipinski definition) is 0. The second-order valence-corrected chi connectivity index (χ2v) is 5.21. The third-order valence-corrected chi connectivity index (χ3v) is 2.75. The summed E-state index contributed by atoms with van der Waals surface area (Å²) in [6.07, 6.45) is -0.426. The number of carbonyl (C=O) groups is 1. The van der Waals surface area contributed by atoms with Gasteiger partial charge in [0.2, 0.25) is 0 Å². The van der Waals surface area contributed by atoms with Crippen LogP contribution in [0.25, 0.3) is 0 Å². The van der Waals surface area contributed by atoms with Crippen LogP contribution >= 0.6 is 0 Å². The average Bonchev–Trinajstić information content (AvgIpc) is 2.37. The summed E-state index contributed by atoms with van der Waals surface area (Å²) in [6, 6.07) is 7.55. The van der Waals surface area contributed by atoms with Crippen LogP contribution in [0.3, 0.4) is 0 Å². The van der Waals surface area contributed by atoms with Gasteiger partial charge in [-0.2, -0.15) is 0 Å². The van der Waals surface area contributed by atoms with Gasteiger partial charge in [0.25, 0.3) is 0 Å². The number of aryl methyl sites for hydroxylation is 1. The number of hydrogen-bond acceptors (Lipinski definition) is 3. The monoisotopic (exact) mass is 264 g/mol. The highest BCUT2D eigenvalue weighted by atomic mass is 16.5. The molecule has 0 N–H and O–H groups in total. The zero-order chi connectivity index (χ0) is 14.3. The van der Waals surface area contributed by atoms with Crippen LogP contribution in [-0.4, -0.2) is 31.7 Å². The van der Waals surface area contributed by atoms with E-state index in [0.717, 1.165) is 12.2 Å². The maximum atomic E-state index is 12.1. The first-order valence-corrected chi connectivity index (χ1v) is 6.81. The zero-order valence-electron chi connectivity index (χ0n) is 12.3. The first kappa shape index (κ1) is 15.9. The highest BCUT2D eigenvalue weighted by Crippen LogP contribution is 2.08. The molecule has 0 aliphatic rings. The summed E-state index contributed by atoms with van der Waals surface area (Å²) in [5.41, 5.74) is 1.84. The third kappa shape index (κ3) is 5.99. The maximum Gasteiger partial charge on any atom is 0.191 e. The lowest BCUT2D eigenvalue weighted by atomic mass is 10.1. The summed E-state index contributed by atoms with van der Waals surface area (Å²) >= 11 is 0. The molecule has 0 aromatic heterocycles. The lowest BCUT2D eigenvalue weighted by molar-refractivity contribution is 0.00970. The Bertz CT molecular complexity index is 381. The van der Waals surface area contributed by atoms with Crippen LogP contribution in [-0.2, 0) is 9.47 Å². The maximum absolute atomic E-state index is 12.1. The van der Waals surface area contributed by atoms with Gasteiger partial charge in [-0.25, -0.2) is 0 Å². The van der Waals surface area contributed by atoms with Crippen molar-refractivity contribution in [3.8, 4) is 0 Å². The predicted molar refractivity (Wildman–Crippen MR) is 76.6 cm³/mol. The first-order chi connectivity index (χ1) is 9.00. The second-order valence-electron chi connectivity index (χ2n) is 5.21. The van der Waals surface area contributed by atoms with Crippen molar-refractivity contribution in [1.82, 2.24) is 0 Å². The summed E-state index contributed by atoms with van der Waals surface area (Å²) in [4.78, 5) is 12.1. The molecule has 0 heterocycles. The lowest BCUT2D eigenvalue weighted by Crippen LogP contribution is -2.23. The van der Waals surface area contributed by atoms with E-state index in [1.807, 2.05) is 31.2 Å². The molecule has 1 unspecified atom stereocenters. The van der Waals surface area contributed by atoms with E-state index in [1.54, 1.807) is 6.92 Å². The Morgan fingerprint density at radius 1 is 1.11 bits per heavy atom. The highest BCUT2D eigenvalue weighted by molar-refractivity contribution is 5.99. The SMILES string of the molecule is Cc1ccc(C(=O)C(C)OCCOCC(C)C)cc1. The molecule has 1 rings (SSSR count). The number of ether oxygens (including phenoxy) is 2. The number of ketones is 1. The van der Waals surface area contributed by atoms with Gasteiger partial charge in [0.15, 0.2) is 5.78 Å². The van der Waals surface area contributed by atoms with E-state index in [-0.39, 0.29) is 5.78 Å². The molecule has 3 heteroatoms. The molecule has 1 atom stereocenters. The van der Waals surface area contributed by atoms with Crippen LogP contribution in [0.5, 0.6) is 0 Å². The van der Waals surface area contributed by atoms with Gasteiger partial charge >= 0.3 is 0 Å². The molecule has 19 heavy (non-hydrogen) atoms. The zero-order valence-corrected chi connectivity index (χ0v) is 12.3. The quantitative estimate of drug-likeness (QED) is 0.534. The number of rotatable bonds is 8. The van der Waals surface area contributed by atoms with E-state index in [1.165, 1.54) is 0 Å². The average molecular weight is 264 g/mol. The van der Waals surface area contributed by atoms with Crippen molar-refractivity contribution in [3.05, 3.63) is 35.4 Å². The summed E-state index contributed by atoms with van der Waals surface area (Å²) in [7, 11) is 0. The van der Waals surface area contributed by atoms with Gasteiger partial charge in [0, 0.05) is 12.2 Å². The van der Waals surface area contributed by atoms with Gasteiger partial charge < -0.3 is 9.47 Å². The van der Waals surface area contributed by atoms with Crippen LogP contribution in [0.1, 0.15) is 36.7 Å². The lowest BCUT2D eigenvalue weighted by Gasteiger charge is -2.13. The van der Waals surface area contributed by atoms with Gasteiger partial charge in [-0.05, 0) is 19.8 Å². The van der Waals surface area contributed by atoms with Crippen LogP contribution in [0.4, 0.5) is 0 Å². The van der Waals surface area contributed by atoms with Crippen LogP contribution < -0.4 is 0 Å². The molecule has 0 radical (unpaired) electrons. The van der Waals surface area contributed by atoms with E-state index >= 15 is 0 Å². The van der Waals surface area contributed by atoms with Gasteiger partial charge in [-0.1, -0.05) is 43.7 Å². The van der Waals surface area contributed by atoms with Crippen LogP contribution in [0, 0.1) is 12.8 Å². The topological polar surface area (TPSA) is 35.5 Å². The molecule has 3 nitrogen and oxygen atoms in total. The molecular weight excluding hydrogens is 240 g/mol. The Kier molecular flexibility index (Phi) is 6.74. The van der Waals surface area contributed by atoms with Crippen molar-refractivity contribution in [2.24, 2.45) is 5.92 Å². The Labute approximate surface area is 115 Å². The normalized spacial score (nSPS) is 12.7. The van der Waals surface area contributed by atoms with Gasteiger partial charge in [-0.3, -0.25) is 4.79 Å². The highest BCUT2D eigenvalue weighted by Gasteiger charge is 2.15. The molecule has 0 bridgehead atoms. The molecule has 0 amide bonds. The largest absolute Gasteiger partial charge is 0.379 e. The molecule has 106 valence electrons. The fourth-order valence-corrected chi connectivity index (χ4v) is 1.63. The van der Waals surface area contributed by atoms with Crippen molar-refractivity contribution in [3.63, 3.8) is 0 Å². The molecule has 0 aliphatic heterocycles. The minimum atomic E-state index is -0.426. The Hall–Kier alpha value is -1.19. The minimum absolute atomic E-state index is 0.0175. The van der Waals surface area contributed by atoms with Gasteiger partial charge in [0.1, 0.15) is 6.10 Å². The first-order valence-electron chi connectivity index (χ1n) is 6.81. The third-order valence-electron chi connectivity index (χ3n) is 2.75. The smallest absolute Gasteiger partial charge is 0.191 e. The predicted octanol–water partition coefficient (Wildman–Crippen LogP) is 3.26. The summed E-state index contributed by atoms with van der Waals surface area (Å²) in [5.74, 6) is 0.537. The van der Waals surface area contributed by atoms with Crippen molar-refractivity contribution in [2.45, 2.75) is 33.8 Å². The second kappa shape index (κ2) is 8.08. The van der Waals surface area contributed by atoms with Crippen molar-refractivity contribution < 1.29 is 14.3 Å². The van der Waals surface area contributed by atoms with Gasteiger partial charge in [-0.15, -0.1) is 0 Å². The molecule has 1 aromatic carbocycles. The molecule has 0 saturated heterocycles. The number of carbonyl (C=O) groups excluding carboxylic acids is 1. The summed E-state index contributed by atoms with van der Waals surface area (Å²) in [5, 5.41) is 0.